The molecule has 1 aromatic rings. The summed E-state index contributed by atoms with van der Waals surface area (Å²) in [7, 11) is 0. The first kappa shape index (κ1) is 14.4. The zero-order chi connectivity index (χ0) is 13.5. The first-order chi connectivity index (χ1) is 8.58. The lowest BCUT2D eigenvalue weighted by Crippen LogP contribution is -2.29. The summed E-state index contributed by atoms with van der Waals surface area (Å²) in [5.41, 5.74) is 7.23. The number of anilines is 1. The van der Waals surface area contributed by atoms with Gasteiger partial charge in [-0.2, -0.15) is 0 Å². The Bertz CT molecular complexity index is 407. The van der Waals surface area contributed by atoms with E-state index in [1.807, 2.05) is 13.0 Å². The number of benzene rings is 1. The standard InChI is InChI=1S/C13H21N3O2/c1-3-4-5-11(9-14)15-12-7-6-10(2)8-13(12)16(17)18/h6-8,11,15H,3-5,9,14H2,1-2H3. The van der Waals surface area contributed by atoms with Crippen molar-refractivity contribution in [2.45, 2.75) is 39.2 Å². The number of nitrogens with two attached hydrogens (primary N) is 1. The molecule has 1 unspecified atom stereocenters. The van der Waals surface area contributed by atoms with Crippen LogP contribution in [0.15, 0.2) is 18.2 Å². The van der Waals surface area contributed by atoms with Crippen molar-refractivity contribution in [3.8, 4) is 0 Å². The third-order valence-corrected chi connectivity index (χ3v) is 2.90. The van der Waals surface area contributed by atoms with Crippen LogP contribution in [0.1, 0.15) is 31.7 Å². The highest BCUT2D eigenvalue weighted by atomic mass is 16.6. The third-order valence-electron chi connectivity index (χ3n) is 2.90. The highest BCUT2D eigenvalue weighted by Gasteiger charge is 2.16. The van der Waals surface area contributed by atoms with E-state index in [-0.39, 0.29) is 16.7 Å². The molecule has 0 aliphatic carbocycles. The molecule has 0 radical (unpaired) electrons. The van der Waals surface area contributed by atoms with E-state index in [2.05, 4.69) is 12.2 Å². The second-order valence-electron chi connectivity index (χ2n) is 4.50. The van der Waals surface area contributed by atoms with Gasteiger partial charge in [0.25, 0.3) is 5.69 Å². The zero-order valence-corrected chi connectivity index (χ0v) is 11.0. The van der Waals surface area contributed by atoms with Crippen LogP contribution >= 0.6 is 0 Å². The molecule has 5 heteroatoms. The van der Waals surface area contributed by atoms with Gasteiger partial charge in [-0.3, -0.25) is 10.1 Å². The first-order valence-electron chi connectivity index (χ1n) is 6.30. The minimum absolute atomic E-state index is 0.0892. The summed E-state index contributed by atoms with van der Waals surface area (Å²) < 4.78 is 0. The summed E-state index contributed by atoms with van der Waals surface area (Å²) in [5, 5.41) is 14.2. The lowest BCUT2D eigenvalue weighted by Gasteiger charge is -2.17. The summed E-state index contributed by atoms with van der Waals surface area (Å²) in [6, 6.07) is 5.28. The predicted octanol–water partition coefficient (Wildman–Crippen LogP) is 2.83. The van der Waals surface area contributed by atoms with Crippen LogP contribution in [-0.2, 0) is 0 Å². The van der Waals surface area contributed by atoms with Gasteiger partial charge in [-0.15, -0.1) is 0 Å². The second kappa shape index (κ2) is 6.96. The van der Waals surface area contributed by atoms with Crippen molar-refractivity contribution in [1.29, 1.82) is 0 Å². The highest BCUT2D eigenvalue weighted by molar-refractivity contribution is 5.63. The van der Waals surface area contributed by atoms with Crippen LogP contribution in [0.3, 0.4) is 0 Å². The summed E-state index contributed by atoms with van der Waals surface area (Å²) in [6.07, 6.45) is 3.08. The van der Waals surface area contributed by atoms with Crippen LogP contribution in [0.25, 0.3) is 0 Å². The molecule has 0 saturated heterocycles. The fourth-order valence-electron chi connectivity index (χ4n) is 1.83. The van der Waals surface area contributed by atoms with Crippen LogP contribution in [0.2, 0.25) is 0 Å². The topological polar surface area (TPSA) is 81.2 Å². The molecule has 0 bridgehead atoms. The highest BCUT2D eigenvalue weighted by Crippen LogP contribution is 2.26. The molecule has 0 amide bonds. The summed E-state index contributed by atoms with van der Waals surface area (Å²) in [4.78, 5) is 10.6. The van der Waals surface area contributed by atoms with Crippen molar-refractivity contribution in [3.05, 3.63) is 33.9 Å². The quantitative estimate of drug-likeness (QED) is 0.576. The molecule has 1 aromatic carbocycles. The van der Waals surface area contributed by atoms with Crippen LogP contribution in [0.5, 0.6) is 0 Å². The van der Waals surface area contributed by atoms with Crippen LogP contribution in [0, 0.1) is 17.0 Å². The average Bonchev–Trinajstić information content (AvgIpc) is 2.35. The molecule has 1 atom stereocenters. The molecule has 3 N–H and O–H groups in total. The Morgan fingerprint density at radius 2 is 2.22 bits per heavy atom. The Balaban J connectivity index is 2.84. The van der Waals surface area contributed by atoms with Gasteiger partial charge in [-0.1, -0.05) is 25.8 Å². The van der Waals surface area contributed by atoms with Crippen LogP contribution < -0.4 is 11.1 Å². The number of rotatable bonds is 7. The summed E-state index contributed by atoms with van der Waals surface area (Å²) >= 11 is 0. The zero-order valence-electron chi connectivity index (χ0n) is 11.0. The number of aryl methyl sites for hydroxylation is 1. The van der Waals surface area contributed by atoms with Crippen LogP contribution in [-0.4, -0.2) is 17.5 Å². The molecule has 0 aliphatic heterocycles. The van der Waals surface area contributed by atoms with Crippen molar-refractivity contribution < 1.29 is 4.92 Å². The molecule has 0 saturated carbocycles. The molecule has 18 heavy (non-hydrogen) atoms. The maximum Gasteiger partial charge on any atom is 0.292 e. The van der Waals surface area contributed by atoms with Crippen molar-refractivity contribution in [2.24, 2.45) is 5.73 Å². The van der Waals surface area contributed by atoms with Crippen molar-refractivity contribution >= 4 is 11.4 Å². The number of nitrogens with zero attached hydrogens (tertiary/aromatic N) is 1. The Morgan fingerprint density at radius 1 is 1.50 bits per heavy atom. The Morgan fingerprint density at radius 3 is 2.78 bits per heavy atom. The predicted molar refractivity (Wildman–Crippen MR) is 73.8 cm³/mol. The third kappa shape index (κ3) is 4.00. The Labute approximate surface area is 108 Å². The van der Waals surface area contributed by atoms with Crippen molar-refractivity contribution in [1.82, 2.24) is 0 Å². The average molecular weight is 251 g/mol. The molecule has 1 rings (SSSR count). The van der Waals surface area contributed by atoms with Crippen LogP contribution in [0.4, 0.5) is 11.4 Å². The van der Waals surface area contributed by atoms with Gasteiger partial charge < -0.3 is 11.1 Å². The molecule has 100 valence electrons. The lowest BCUT2D eigenvalue weighted by atomic mass is 10.1. The molecule has 0 spiro atoms. The number of hydrogen-bond donors (Lipinski definition) is 2. The lowest BCUT2D eigenvalue weighted by molar-refractivity contribution is -0.384. The van der Waals surface area contributed by atoms with Gasteiger partial charge in [0.2, 0.25) is 0 Å². The Hall–Kier alpha value is -1.62. The second-order valence-corrected chi connectivity index (χ2v) is 4.50. The van der Waals surface area contributed by atoms with E-state index in [4.69, 9.17) is 5.73 Å². The van der Waals surface area contributed by atoms with E-state index < -0.39 is 0 Å². The van der Waals surface area contributed by atoms with E-state index in [9.17, 15) is 10.1 Å². The van der Waals surface area contributed by atoms with Gasteiger partial charge in [-0.05, 0) is 25.0 Å². The minimum atomic E-state index is -0.358. The van der Waals surface area contributed by atoms with Gasteiger partial charge in [0.1, 0.15) is 5.69 Å². The van der Waals surface area contributed by atoms with Gasteiger partial charge in [-0.25, -0.2) is 0 Å². The smallest absolute Gasteiger partial charge is 0.292 e. The van der Waals surface area contributed by atoms with E-state index in [1.54, 1.807) is 12.1 Å². The molecule has 0 aromatic heterocycles. The largest absolute Gasteiger partial charge is 0.375 e. The Kier molecular flexibility index (Phi) is 5.58. The van der Waals surface area contributed by atoms with E-state index >= 15 is 0 Å². The number of nitrogens with one attached hydrogen (secondary N) is 1. The van der Waals surface area contributed by atoms with Gasteiger partial charge in [0.15, 0.2) is 0 Å². The molecular formula is C13H21N3O2. The number of unbranched alkanes of at least 4 members (excludes halogenated alkanes) is 1. The van der Waals surface area contributed by atoms with Crippen molar-refractivity contribution in [2.75, 3.05) is 11.9 Å². The monoisotopic (exact) mass is 251 g/mol. The molecule has 0 fully saturated rings. The van der Waals surface area contributed by atoms with Crippen molar-refractivity contribution in [3.63, 3.8) is 0 Å². The summed E-state index contributed by atoms with van der Waals surface area (Å²) in [6.45, 7) is 4.43. The molecule has 5 nitrogen and oxygen atoms in total. The fourth-order valence-corrected chi connectivity index (χ4v) is 1.83. The minimum Gasteiger partial charge on any atom is -0.375 e. The first-order valence-corrected chi connectivity index (χ1v) is 6.30. The normalized spacial score (nSPS) is 12.2. The fraction of sp³-hybridized carbons (Fsp3) is 0.538. The maximum atomic E-state index is 11.0. The molecular weight excluding hydrogens is 230 g/mol. The molecule has 0 heterocycles. The number of nitro groups is 1. The van der Waals surface area contributed by atoms with Gasteiger partial charge in [0, 0.05) is 18.7 Å². The number of nitro benzene ring substituents is 1. The SMILES string of the molecule is CCCCC(CN)Nc1ccc(C)cc1[N+](=O)[O-]. The maximum absolute atomic E-state index is 11.0. The molecule has 0 aliphatic rings. The van der Waals surface area contributed by atoms with E-state index in [0.717, 1.165) is 24.8 Å². The summed E-state index contributed by atoms with van der Waals surface area (Å²) in [5.74, 6) is 0. The van der Waals surface area contributed by atoms with Gasteiger partial charge >= 0.3 is 0 Å². The van der Waals surface area contributed by atoms with E-state index in [0.29, 0.717) is 12.2 Å². The van der Waals surface area contributed by atoms with E-state index in [1.165, 1.54) is 0 Å². The number of hydrogen-bond acceptors (Lipinski definition) is 4. The van der Waals surface area contributed by atoms with Gasteiger partial charge in [0.05, 0.1) is 4.92 Å².